The second kappa shape index (κ2) is 8.65. The predicted octanol–water partition coefficient (Wildman–Crippen LogP) is 7.51. The number of fused-ring (bicyclic) bond motifs is 3. The number of ether oxygens (including phenoxy) is 2. The number of hydrogen-bond donors (Lipinski definition) is 0. The lowest BCUT2D eigenvalue weighted by atomic mass is 9.90. The maximum atomic E-state index is 13.1. The first kappa shape index (κ1) is 20.6. The summed E-state index contributed by atoms with van der Waals surface area (Å²) in [5, 5.41) is 0. The molecule has 0 N–H and O–H groups in total. The van der Waals surface area contributed by atoms with Gasteiger partial charge in [-0.1, -0.05) is 36.4 Å². The fourth-order valence-electron chi connectivity index (χ4n) is 4.35. The van der Waals surface area contributed by atoms with Gasteiger partial charge in [0.1, 0.15) is 17.6 Å². The van der Waals surface area contributed by atoms with E-state index in [1.54, 1.807) is 18.2 Å². The Morgan fingerprint density at radius 1 is 1.03 bits per heavy atom. The van der Waals surface area contributed by atoms with Crippen molar-refractivity contribution in [2.24, 2.45) is 5.92 Å². The molecule has 2 aliphatic rings. The van der Waals surface area contributed by atoms with Crippen LogP contribution in [0.3, 0.4) is 0 Å². The molecule has 3 nitrogen and oxygen atoms in total. The lowest BCUT2D eigenvalue weighted by Gasteiger charge is -2.32. The molecule has 1 heterocycles. The fraction of sp³-hybridized carbons (Fsp3) is 0.259. The highest BCUT2D eigenvalue weighted by Gasteiger charge is 2.31. The first-order valence-corrected chi connectivity index (χ1v) is 11.0. The van der Waals surface area contributed by atoms with E-state index in [4.69, 9.17) is 9.47 Å². The molecule has 3 aromatic rings. The van der Waals surface area contributed by atoms with E-state index in [2.05, 4.69) is 35.7 Å². The number of benzene rings is 3. The van der Waals surface area contributed by atoms with Gasteiger partial charge in [0.25, 0.3) is 0 Å². The van der Waals surface area contributed by atoms with Crippen LogP contribution in [0.25, 0.3) is 11.1 Å². The molecule has 0 spiro atoms. The summed E-state index contributed by atoms with van der Waals surface area (Å²) in [5.41, 5.74) is 4.59. The Labute approximate surface area is 186 Å². The van der Waals surface area contributed by atoms with E-state index in [-0.39, 0.29) is 11.9 Å². The van der Waals surface area contributed by atoms with Gasteiger partial charge in [-0.15, -0.1) is 6.58 Å². The van der Waals surface area contributed by atoms with E-state index in [0.717, 1.165) is 29.0 Å². The molecule has 0 amide bonds. The fourth-order valence-corrected chi connectivity index (χ4v) is 4.35. The summed E-state index contributed by atoms with van der Waals surface area (Å²) in [4.78, 5) is 2.33. The van der Waals surface area contributed by atoms with Gasteiger partial charge >= 0.3 is 6.61 Å². The molecule has 0 saturated heterocycles. The molecule has 1 unspecified atom stereocenters. The van der Waals surface area contributed by atoms with Crippen LogP contribution in [0, 0.1) is 5.92 Å². The van der Waals surface area contributed by atoms with Crippen molar-refractivity contribution in [3.05, 3.63) is 84.9 Å². The van der Waals surface area contributed by atoms with Crippen molar-refractivity contribution in [1.29, 1.82) is 0 Å². The van der Waals surface area contributed by atoms with Gasteiger partial charge in [0, 0.05) is 29.9 Å². The average Bonchev–Trinajstić information content (AvgIpc) is 3.62. The summed E-state index contributed by atoms with van der Waals surface area (Å²) in [7, 11) is 0. The first-order valence-electron chi connectivity index (χ1n) is 11.0. The minimum atomic E-state index is -2.90. The van der Waals surface area contributed by atoms with Gasteiger partial charge in [-0.25, -0.2) is 0 Å². The molecule has 0 aromatic heterocycles. The van der Waals surface area contributed by atoms with Gasteiger partial charge in [-0.3, -0.25) is 0 Å². The highest BCUT2D eigenvalue weighted by molar-refractivity contribution is 5.83. The third-order valence-corrected chi connectivity index (χ3v) is 6.02. The van der Waals surface area contributed by atoms with E-state index in [1.807, 2.05) is 30.3 Å². The number of rotatable bonds is 8. The van der Waals surface area contributed by atoms with Crippen LogP contribution in [0.5, 0.6) is 11.5 Å². The Morgan fingerprint density at radius 3 is 2.56 bits per heavy atom. The van der Waals surface area contributed by atoms with Gasteiger partial charge < -0.3 is 14.4 Å². The molecule has 3 aromatic carbocycles. The van der Waals surface area contributed by atoms with E-state index in [1.165, 1.54) is 12.8 Å². The maximum Gasteiger partial charge on any atom is 0.387 e. The smallest absolute Gasteiger partial charge is 0.387 e. The lowest BCUT2D eigenvalue weighted by molar-refractivity contribution is -0.0496. The van der Waals surface area contributed by atoms with Crippen molar-refractivity contribution >= 4 is 11.4 Å². The van der Waals surface area contributed by atoms with Gasteiger partial charge in [-0.2, -0.15) is 8.78 Å². The van der Waals surface area contributed by atoms with Crippen molar-refractivity contribution in [2.45, 2.75) is 32.0 Å². The Hall–Kier alpha value is -3.34. The zero-order valence-electron chi connectivity index (χ0n) is 17.7. The molecule has 0 bridgehead atoms. The Kier molecular flexibility index (Phi) is 5.56. The molecule has 0 radical (unpaired) electrons. The molecular weight excluding hydrogens is 408 g/mol. The topological polar surface area (TPSA) is 21.7 Å². The van der Waals surface area contributed by atoms with Crippen LogP contribution >= 0.6 is 0 Å². The summed E-state index contributed by atoms with van der Waals surface area (Å²) in [6.07, 6.45) is 4.69. The van der Waals surface area contributed by atoms with E-state index < -0.39 is 6.61 Å². The van der Waals surface area contributed by atoms with Crippen LogP contribution < -0.4 is 14.4 Å². The number of alkyl halides is 2. The summed E-state index contributed by atoms with van der Waals surface area (Å²) in [6, 6.07) is 21.6. The average molecular weight is 433 g/mol. The normalized spacial score (nSPS) is 16.7. The molecule has 1 saturated carbocycles. The second-order valence-electron chi connectivity index (χ2n) is 8.30. The molecule has 1 aliphatic heterocycles. The maximum absolute atomic E-state index is 13.1. The molecule has 164 valence electrons. The standard InChI is InChI=1S/C27H25F2NO2/c1-2-7-23-22-16-20(30(17-18-12-13-18)19-8-4-3-5-9-19)14-15-21(22)26-24(31-23)10-6-11-25(26)32-27(28)29/h2-6,8-11,14-16,18,23,27H,1,7,12-13,17H2. The van der Waals surface area contributed by atoms with Crippen molar-refractivity contribution in [3.8, 4) is 22.6 Å². The van der Waals surface area contributed by atoms with E-state index >= 15 is 0 Å². The SMILES string of the molecule is C=CCC1Oc2cccc(OC(F)F)c2-c2ccc(N(CC3CC3)c3ccccc3)cc21. The van der Waals surface area contributed by atoms with E-state index in [9.17, 15) is 8.78 Å². The van der Waals surface area contributed by atoms with Crippen molar-refractivity contribution < 1.29 is 18.3 Å². The molecule has 5 heteroatoms. The minimum absolute atomic E-state index is 0.126. The number of anilines is 2. The molecule has 1 aliphatic carbocycles. The lowest BCUT2D eigenvalue weighted by Crippen LogP contribution is -2.21. The van der Waals surface area contributed by atoms with E-state index in [0.29, 0.717) is 23.7 Å². The molecule has 1 atom stereocenters. The van der Waals surface area contributed by atoms with Crippen LogP contribution in [0.2, 0.25) is 0 Å². The third-order valence-electron chi connectivity index (χ3n) is 6.02. The highest BCUT2D eigenvalue weighted by Crippen LogP contribution is 2.49. The summed E-state index contributed by atoms with van der Waals surface area (Å²) < 4.78 is 37.2. The number of halogens is 2. The number of para-hydroxylation sites is 1. The number of hydrogen-bond acceptors (Lipinski definition) is 3. The third kappa shape index (κ3) is 4.07. The van der Waals surface area contributed by atoms with Crippen LogP contribution in [-0.4, -0.2) is 13.2 Å². The van der Waals surface area contributed by atoms with Crippen molar-refractivity contribution in [2.75, 3.05) is 11.4 Å². The zero-order chi connectivity index (χ0) is 22.1. The van der Waals surface area contributed by atoms with Crippen LogP contribution in [0.15, 0.2) is 79.4 Å². The second-order valence-corrected chi connectivity index (χ2v) is 8.30. The van der Waals surface area contributed by atoms with Crippen LogP contribution in [0.1, 0.15) is 30.9 Å². The van der Waals surface area contributed by atoms with Crippen molar-refractivity contribution in [1.82, 2.24) is 0 Å². The Morgan fingerprint density at radius 2 is 1.84 bits per heavy atom. The van der Waals surface area contributed by atoms with Gasteiger partial charge in [0.15, 0.2) is 0 Å². The minimum Gasteiger partial charge on any atom is -0.485 e. The Balaban J connectivity index is 1.61. The Bertz CT molecular complexity index is 1110. The number of nitrogens with zero attached hydrogens (tertiary/aromatic N) is 1. The quantitative estimate of drug-likeness (QED) is 0.343. The van der Waals surface area contributed by atoms with Crippen LogP contribution in [0.4, 0.5) is 20.2 Å². The monoisotopic (exact) mass is 433 g/mol. The summed E-state index contributed by atoms with van der Waals surface area (Å²) >= 11 is 0. The molecule has 32 heavy (non-hydrogen) atoms. The molecule has 5 rings (SSSR count). The zero-order valence-corrected chi connectivity index (χ0v) is 17.7. The summed E-state index contributed by atoms with van der Waals surface area (Å²) in [5.74, 6) is 1.37. The largest absolute Gasteiger partial charge is 0.485 e. The first-order chi connectivity index (χ1) is 15.6. The molecule has 1 fully saturated rings. The summed E-state index contributed by atoms with van der Waals surface area (Å²) in [6.45, 7) is 1.93. The van der Waals surface area contributed by atoms with Gasteiger partial charge in [0.2, 0.25) is 0 Å². The van der Waals surface area contributed by atoms with Gasteiger partial charge in [-0.05, 0) is 60.7 Å². The predicted molar refractivity (Wildman–Crippen MR) is 123 cm³/mol. The van der Waals surface area contributed by atoms with Gasteiger partial charge in [0.05, 0.1) is 5.56 Å². The highest BCUT2D eigenvalue weighted by atomic mass is 19.3. The van der Waals surface area contributed by atoms with Crippen LogP contribution in [-0.2, 0) is 0 Å². The molecular formula is C27H25F2NO2. The van der Waals surface area contributed by atoms with Crippen molar-refractivity contribution in [3.63, 3.8) is 0 Å².